The van der Waals surface area contributed by atoms with Crippen LogP contribution in [0.4, 0.5) is 5.82 Å². The second kappa shape index (κ2) is 3.13. The summed E-state index contributed by atoms with van der Waals surface area (Å²) < 4.78 is 10.8. The molecule has 0 spiro atoms. The lowest BCUT2D eigenvalue weighted by Gasteiger charge is -1.89. The van der Waals surface area contributed by atoms with E-state index in [0.717, 1.165) is 16.5 Å². The van der Waals surface area contributed by atoms with E-state index in [4.69, 9.17) is 14.7 Å². The lowest BCUT2D eigenvalue weighted by molar-refractivity contribution is 0.423. The monoisotopic (exact) mass is 214 g/mol. The van der Waals surface area contributed by atoms with E-state index in [9.17, 15) is 0 Å². The number of anilines is 1. The molecule has 0 saturated heterocycles. The maximum Gasteiger partial charge on any atom is 0.204 e. The van der Waals surface area contributed by atoms with Gasteiger partial charge in [0, 0.05) is 17.0 Å². The topological polar surface area (TPSA) is 65.2 Å². The Kier molecular flexibility index (Phi) is 1.77. The Morgan fingerprint density at radius 2 is 2.06 bits per heavy atom. The van der Waals surface area contributed by atoms with Gasteiger partial charge in [0.1, 0.15) is 5.58 Å². The van der Waals surface area contributed by atoms with Crippen molar-refractivity contribution in [3.05, 3.63) is 35.9 Å². The third-order valence-electron chi connectivity index (χ3n) is 2.60. The first-order chi connectivity index (χ1) is 7.75. The third kappa shape index (κ3) is 1.20. The zero-order chi connectivity index (χ0) is 11.1. The highest BCUT2D eigenvalue weighted by atomic mass is 16.5. The van der Waals surface area contributed by atoms with Crippen LogP contribution >= 0.6 is 0 Å². The lowest BCUT2D eigenvalue weighted by Crippen LogP contribution is -1.80. The summed E-state index contributed by atoms with van der Waals surface area (Å²) in [6.07, 6.45) is 0. The van der Waals surface area contributed by atoms with Gasteiger partial charge in [-0.15, -0.1) is 0 Å². The quantitative estimate of drug-likeness (QED) is 0.676. The maximum absolute atomic E-state index is 5.71. The summed E-state index contributed by atoms with van der Waals surface area (Å²) in [6.45, 7) is 1.99. The summed E-state index contributed by atoms with van der Waals surface area (Å²) in [5.41, 5.74) is 7.39. The molecule has 3 rings (SSSR count). The van der Waals surface area contributed by atoms with Gasteiger partial charge < -0.3 is 14.7 Å². The molecule has 0 unspecified atom stereocenters. The predicted molar refractivity (Wildman–Crippen MR) is 60.9 cm³/mol. The number of furan rings is 1. The first-order valence-electron chi connectivity index (χ1n) is 4.96. The Hall–Kier alpha value is -2.23. The number of nitrogens with two attached hydrogens (primary N) is 1. The zero-order valence-corrected chi connectivity index (χ0v) is 8.73. The van der Waals surface area contributed by atoms with Crippen molar-refractivity contribution in [1.29, 1.82) is 0 Å². The second-order valence-corrected chi connectivity index (χ2v) is 3.67. The summed E-state index contributed by atoms with van der Waals surface area (Å²) in [5, 5.41) is 4.72. The van der Waals surface area contributed by atoms with Crippen molar-refractivity contribution in [2.75, 3.05) is 5.73 Å². The summed E-state index contributed by atoms with van der Waals surface area (Å²) in [5.74, 6) is 1.60. The Bertz CT molecular complexity index is 652. The van der Waals surface area contributed by atoms with Gasteiger partial charge in [-0.2, -0.15) is 0 Å². The molecule has 0 aliphatic rings. The van der Waals surface area contributed by atoms with Crippen molar-refractivity contribution in [2.24, 2.45) is 0 Å². The number of aryl methyl sites for hydroxylation is 1. The van der Waals surface area contributed by atoms with Crippen LogP contribution in [0, 0.1) is 6.92 Å². The Morgan fingerprint density at radius 3 is 2.75 bits per heavy atom. The van der Waals surface area contributed by atoms with E-state index in [1.54, 1.807) is 6.07 Å². The van der Waals surface area contributed by atoms with Gasteiger partial charge in [-0.05, 0) is 13.0 Å². The molecule has 2 N–H and O–H groups in total. The highest BCUT2D eigenvalue weighted by Gasteiger charge is 2.15. The van der Waals surface area contributed by atoms with Gasteiger partial charge in [-0.25, -0.2) is 0 Å². The average molecular weight is 214 g/mol. The van der Waals surface area contributed by atoms with Crippen molar-refractivity contribution in [2.45, 2.75) is 6.92 Å². The molecule has 0 aliphatic carbocycles. The molecule has 0 bridgehead atoms. The van der Waals surface area contributed by atoms with Crippen LogP contribution in [0.15, 0.2) is 39.3 Å². The molecular weight excluding hydrogens is 204 g/mol. The zero-order valence-electron chi connectivity index (χ0n) is 8.73. The molecule has 0 aliphatic heterocycles. The molecule has 0 amide bonds. The number of nitrogens with zero attached hydrogens (tertiary/aromatic N) is 1. The van der Waals surface area contributed by atoms with Gasteiger partial charge in [0.2, 0.25) is 5.76 Å². The van der Waals surface area contributed by atoms with E-state index in [-0.39, 0.29) is 0 Å². The van der Waals surface area contributed by atoms with Crippen molar-refractivity contribution >= 4 is 16.8 Å². The van der Waals surface area contributed by atoms with Crippen LogP contribution in [0.2, 0.25) is 0 Å². The summed E-state index contributed by atoms with van der Waals surface area (Å²) in [6, 6.07) is 9.50. The van der Waals surface area contributed by atoms with Gasteiger partial charge >= 0.3 is 0 Å². The molecule has 0 fully saturated rings. The van der Waals surface area contributed by atoms with Gasteiger partial charge in [-0.3, -0.25) is 0 Å². The first-order valence-corrected chi connectivity index (χ1v) is 4.96. The van der Waals surface area contributed by atoms with Crippen molar-refractivity contribution in [3.63, 3.8) is 0 Å². The first kappa shape index (κ1) is 9.03. The van der Waals surface area contributed by atoms with Crippen molar-refractivity contribution in [1.82, 2.24) is 5.16 Å². The third-order valence-corrected chi connectivity index (χ3v) is 2.60. The Balaban J connectivity index is 2.28. The molecule has 80 valence electrons. The molecule has 2 aromatic heterocycles. The fourth-order valence-corrected chi connectivity index (χ4v) is 1.81. The molecule has 0 radical (unpaired) electrons. The minimum Gasteiger partial charge on any atom is -0.452 e. The van der Waals surface area contributed by atoms with Crippen LogP contribution in [0.3, 0.4) is 0 Å². The van der Waals surface area contributed by atoms with Gasteiger partial charge in [0.25, 0.3) is 0 Å². The highest BCUT2D eigenvalue weighted by molar-refractivity contribution is 5.86. The van der Waals surface area contributed by atoms with E-state index in [1.165, 1.54) is 0 Å². The Labute approximate surface area is 91.6 Å². The number of rotatable bonds is 1. The number of hydrogen-bond donors (Lipinski definition) is 1. The molecule has 1 aromatic carbocycles. The fraction of sp³-hybridized carbons (Fsp3) is 0.0833. The predicted octanol–water partition coefficient (Wildman–Crippen LogP) is 2.98. The number of nitrogen functional groups attached to an aromatic ring is 1. The Morgan fingerprint density at radius 1 is 1.25 bits per heavy atom. The van der Waals surface area contributed by atoms with Crippen LogP contribution in [0.1, 0.15) is 5.56 Å². The van der Waals surface area contributed by atoms with Gasteiger partial charge in [0.05, 0.1) is 0 Å². The highest BCUT2D eigenvalue weighted by Crippen LogP contribution is 2.33. The van der Waals surface area contributed by atoms with Crippen LogP contribution in [-0.4, -0.2) is 5.16 Å². The van der Waals surface area contributed by atoms with Crippen LogP contribution < -0.4 is 5.73 Å². The maximum atomic E-state index is 5.71. The standard InChI is InChI=1S/C12H10N2O2/c1-7-8-4-2-3-5-9(8)15-12(7)10-6-11(13)14-16-10/h2-6H,1H3,(H2,13,14). The van der Waals surface area contributed by atoms with Crippen LogP contribution in [0.25, 0.3) is 22.5 Å². The number of fused-ring (bicyclic) bond motifs is 1. The van der Waals surface area contributed by atoms with Gasteiger partial charge in [0.15, 0.2) is 11.6 Å². The molecule has 16 heavy (non-hydrogen) atoms. The molecule has 4 nitrogen and oxygen atoms in total. The normalized spacial score (nSPS) is 11.1. The number of para-hydroxylation sites is 1. The molecule has 0 saturated carbocycles. The second-order valence-electron chi connectivity index (χ2n) is 3.67. The molecule has 0 atom stereocenters. The van der Waals surface area contributed by atoms with Crippen LogP contribution in [0.5, 0.6) is 0 Å². The van der Waals surface area contributed by atoms with E-state index in [2.05, 4.69) is 5.16 Å². The van der Waals surface area contributed by atoms with Crippen LogP contribution in [-0.2, 0) is 0 Å². The van der Waals surface area contributed by atoms with E-state index < -0.39 is 0 Å². The number of hydrogen-bond acceptors (Lipinski definition) is 4. The number of benzene rings is 1. The number of aromatic nitrogens is 1. The minimum absolute atomic E-state index is 0.356. The van der Waals surface area contributed by atoms with E-state index in [0.29, 0.717) is 17.3 Å². The smallest absolute Gasteiger partial charge is 0.204 e. The van der Waals surface area contributed by atoms with Gasteiger partial charge in [-0.1, -0.05) is 23.4 Å². The lowest BCUT2D eigenvalue weighted by atomic mass is 10.1. The molecule has 2 heterocycles. The molecule has 4 heteroatoms. The minimum atomic E-state index is 0.356. The molecule has 3 aromatic rings. The van der Waals surface area contributed by atoms with Crippen molar-refractivity contribution in [3.8, 4) is 11.5 Å². The van der Waals surface area contributed by atoms with E-state index >= 15 is 0 Å². The SMILES string of the molecule is Cc1c(-c2cc(N)no2)oc2ccccc12. The molecular formula is C12H10N2O2. The summed E-state index contributed by atoms with van der Waals surface area (Å²) >= 11 is 0. The average Bonchev–Trinajstić information content (AvgIpc) is 2.84. The van der Waals surface area contributed by atoms with E-state index in [1.807, 2.05) is 31.2 Å². The summed E-state index contributed by atoms with van der Waals surface area (Å²) in [7, 11) is 0. The largest absolute Gasteiger partial charge is 0.452 e. The summed E-state index contributed by atoms with van der Waals surface area (Å²) in [4.78, 5) is 0. The fourth-order valence-electron chi connectivity index (χ4n) is 1.81. The van der Waals surface area contributed by atoms with Crippen molar-refractivity contribution < 1.29 is 8.94 Å².